The molecule has 0 aromatic rings. The molecule has 5 heteroatoms. The summed E-state index contributed by atoms with van der Waals surface area (Å²) in [6.45, 7) is 16.0. The quantitative estimate of drug-likeness (QED) is 0.477. The van der Waals surface area contributed by atoms with Gasteiger partial charge in [0.2, 0.25) is 0 Å². The third-order valence-electron chi connectivity index (χ3n) is 8.37. The summed E-state index contributed by atoms with van der Waals surface area (Å²) in [6, 6.07) is 0. The first kappa shape index (κ1) is 22.0. The molecule has 1 aliphatic heterocycles. The van der Waals surface area contributed by atoms with E-state index in [1.165, 1.54) is 6.42 Å². The SMILES string of the molecule is C=C[C@@]1(C)CC[C@H]2[C@]3(C)CC[C@@H](OC(=O)NCCCl)C(C)(C)[C@H]3CC[C@]2(C)O1. The lowest BCUT2D eigenvalue weighted by Crippen LogP contribution is -2.64. The number of ether oxygens (including phenoxy) is 2. The first-order chi connectivity index (χ1) is 13.0. The number of amides is 1. The molecule has 1 amide bonds. The Labute approximate surface area is 175 Å². The molecule has 0 bridgehead atoms. The van der Waals surface area contributed by atoms with Crippen molar-refractivity contribution in [3.8, 4) is 0 Å². The van der Waals surface area contributed by atoms with E-state index in [2.05, 4.69) is 46.5 Å². The molecule has 160 valence electrons. The number of alkyl carbamates (subject to hydrolysis) is 1. The Morgan fingerprint density at radius 1 is 1.14 bits per heavy atom. The Balaban J connectivity index is 1.80. The monoisotopic (exact) mass is 411 g/mol. The van der Waals surface area contributed by atoms with Gasteiger partial charge < -0.3 is 14.8 Å². The van der Waals surface area contributed by atoms with Gasteiger partial charge >= 0.3 is 6.09 Å². The molecule has 0 unspecified atom stereocenters. The van der Waals surface area contributed by atoms with Crippen LogP contribution in [0.1, 0.15) is 73.1 Å². The van der Waals surface area contributed by atoms with E-state index in [1.54, 1.807) is 0 Å². The van der Waals surface area contributed by atoms with Crippen LogP contribution in [0.5, 0.6) is 0 Å². The summed E-state index contributed by atoms with van der Waals surface area (Å²) >= 11 is 5.67. The van der Waals surface area contributed by atoms with Gasteiger partial charge in [-0.15, -0.1) is 18.2 Å². The Kier molecular flexibility index (Phi) is 5.88. The maximum Gasteiger partial charge on any atom is 0.407 e. The van der Waals surface area contributed by atoms with Crippen LogP contribution in [0.25, 0.3) is 0 Å². The molecule has 3 fully saturated rings. The minimum atomic E-state index is -0.342. The second-order valence-electron chi connectivity index (χ2n) is 10.5. The highest BCUT2D eigenvalue weighted by Crippen LogP contribution is 2.65. The van der Waals surface area contributed by atoms with Gasteiger partial charge in [-0.2, -0.15) is 0 Å². The summed E-state index contributed by atoms with van der Waals surface area (Å²) in [4.78, 5) is 12.2. The van der Waals surface area contributed by atoms with Crippen molar-refractivity contribution in [3.05, 3.63) is 12.7 Å². The fourth-order valence-corrected chi connectivity index (χ4v) is 7.03. The van der Waals surface area contributed by atoms with E-state index in [0.717, 1.165) is 32.1 Å². The van der Waals surface area contributed by atoms with Gasteiger partial charge in [0.05, 0.1) is 11.2 Å². The molecule has 0 aromatic carbocycles. The molecule has 1 N–H and O–H groups in total. The number of nitrogens with one attached hydrogen (secondary N) is 1. The predicted molar refractivity (Wildman–Crippen MR) is 114 cm³/mol. The number of carbonyl (C=O) groups excluding carboxylic acids is 1. The Hall–Kier alpha value is -0.740. The van der Waals surface area contributed by atoms with Crippen LogP contribution in [0.2, 0.25) is 0 Å². The summed E-state index contributed by atoms with van der Waals surface area (Å²) in [5.74, 6) is 1.43. The third-order valence-corrected chi connectivity index (χ3v) is 8.56. The second kappa shape index (κ2) is 7.50. The first-order valence-corrected chi connectivity index (χ1v) is 11.4. The molecular formula is C23H38ClNO3. The average Bonchev–Trinajstić information content (AvgIpc) is 2.61. The second-order valence-corrected chi connectivity index (χ2v) is 10.9. The molecule has 3 rings (SSSR count). The van der Waals surface area contributed by atoms with Gasteiger partial charge in [-0.1, -0.05) is 26.8 Å². The van der Waals surface area contributed by atoms with Gasteiger partial charge in [0, 0.05) is 17.8 Å². The molecule has 0 spiro atoms. The summed E-state index contributed by atoms with van der Waals surface area (Å²) < 4.78 is 12.6. The van der Waals surface area contributed by atoms with Crippen LogP contribution in [0.4, 0.5) is 4.79 Å². The van der Waals surface area contributed by atoms with Crippen molar-refractivity contribution >= 4 is 17.7 Å². The molecule has 1 saturated heterocycles. The summed E-state index contributed by atoms with van der Waals surface area (Å²) in [5.41, 5.74) is -0.185. The highest BCUT2D eigenvalue weighted by Gasteiger charge is 2.63. The Bertz CT molecular complexity index is 623. The smallest absolute Gasteiger partial charge is 0.407 e. The van der Waals surface area contributed by atoms with Crippen LogP contribution < -0.4 is 5.32 Å². The van der Waals surface area contributed by atoms with E-state index in [4.69, 9.17) is 21.1 Å². The average molecular weight is 412 g/mol. The van der Waals surface area contributed by atoms with Crippen molar-refractivity contribution in [1.82, 2.24) is 5.32 Å². The highest BCUT2D eigenvalue weighted by atomic mass is 35.5. The predicted octanol–water partition coefficient (Wildman–Crippen LogP) is 5.69. The Morgan fingerprint density at radius 2 is 1.82 bits per heavy atom. The van der Waals surface area contributed by atoms with Crippen LogP contribution in [0.3, 0.4) is 0 Å². The number of alkyl halides is 1. The fourth-order valence-electron chi connectivity index (χ4n) is 6.93. The van der Waals surface area contributed by atoms with E-state index in [9.17, 15) is 4.79 Å². The number of hydrogen-bond acceptors (Lipinski definition) is 3. The molecule has 0 radical (unpaired) electrons. The molecule has 2 saturated carbocycles. The van der Waals surface area contributed by atoms with Gasteiger partial charge in [-0.3, -0.25) is 0 Å². The lowest BCUT2D eigenvalue weighted by atomic mass is 9.44. The largest absolute Gasteiger partial charge is 0.446 e. The molecule has 1 heterocycles. The van der Waals surface area contributed by atoms with E-state index in [-0.39, 0.29) is 34.2 Å². The molecule has 28 heavy (non-hydrogen) atoms. The summed E-state index contributed by atoms with van der Waals surface area (Å²) in [5, 5.41) is 2.74. The number of fused-ring (bicyclic) bond motifs is 3. The van der Waals surface area contributed by atoms with E-state index >= 15 is 0 Å². The standard InChI is InChI=1S/C23H38ClNO3/c1-7-21(4)11-8-17-22(5)12-10-18(27-19(26)25-15-14-24)20(2,3)16(22)9-13-23(17,6)28-21/h7,16-18H,1,8-15H2,2-6H3,(H,25,26)/t16-,17+,18-,21+,22-,23+/m1/s1. The summed E-state index contributed by atoms with van der Waals surface area (Å²) in [6.07, 6.45) is 7.91. The van der Waals surface area contributed by atoms with Gasteiger partial charge in [-0.25, -0.2) is 4.79 Å². The Morgan fingerprint density at radius 3 is 2.46 bits per heavy atom. The van der Waals surface area contributed by atoms with Crippen molar-refractivity contribution in [2.75, 3.05) is 12.4 Å². The van der Waals surface area contributed by atoms with Crippen LogP contribution in [0.15, 0.2) is 12.7 Å². The van der Waals surface area contributed by atoms with Gasteiger partial charge in [0.25, 0.3) is 0 Å². The zero-order valence-electron chi connectivity index (χ0n) is 18.3. The molecule has 0 aromatic heterocycles. The van der Waals surface area contributed by atoms with Crippen LogP contribution >= 0.6 is 11.6 Å². The topological polar surface area (TPSA) is 47.6 Å². The maximum absolute atomic E-state index is 12.2. The maximum atomic E-state index is 12.2. The van der Waals surface area contributed by atoms with Crippen molar-refractivity contribution < 1.29 is 14.3 Å². The zero-order valence-corrected chi connectivity index (χ0v) is 19.0. The molecule has 6 atom stereocenters. The van der Waals surface area contributed by atoms with Crippen molar-refractivity contribution in [1.29, 1.82) is 0 Å². The first-order valence-electron chi connectivity index (χ1n) is 10.8. The molecule has 2 aliphatic carbocycles. The van der Waals surface area contributed by atoms with Gasteiger partial charge in [-0.05, 0) is 69.6 Å². The van der Waals surface area contributed by atoms with Crippen molar-refractivity contribution in [2.24, 2.45) is 22.7 Å². The summed E-state index contributed by atoms with van der Waals surface area (Å²) in [7, 11) is 0. The van der Waals surface area contributed by atoms with E-state index < -0.39 is 0 Å². The minimum absolute atomic E-state index is 0.0618. The highest BCUT2D eigenvalue weighted by molar-refractivity contribution is 6.18. The molecule has 4 nitrogen and oxygen atoms in total. The zero-order chi connectivity index (χ0) is 20.8. The normalized spacial score (nSPS) is 44.7. The number of carbonyl (C=O) groups is 1. The lowest BCUT2D eigenvalue weighted by molar-refractivity contribution is -0.261. The van der Waals surface area contributed by atoms with E-state index in [1.807, 2.05) is 6.08 Å². The number of hydrogen-bond donors (Lipinski definition) is 1. The fraction of sp³-hybridized carbons (Fsp3) is 0.870. The van der Waals surface area contributed by atoms with Crippen molar-refractivity contribution in [3.63, 3.8) is 0 Å². The molecular weight excluding hydrogens is 374 g/mol. The van der Waals surface area contributed by atoms with E-state index in [0.29, 0.717) is 24.3 Å². The minimum Gasteiger partial charge on any atom is -0.446 e. The van der Waals surface area contributed by atoms with Gasteiger partial charge in [0.15, 0.2) is 0 Å². The number of rotatable bonds is 4. The lowest BCUT2D eigenvalue weighted by Gasteiger charge is -2.66. The third kappa shape index (κ3) is 3.60. The van der Waals surface area contributed by atoms with Crippen LogP contribution in [0, 0.1) is 22.7 Å². The van der Waals surface area contributed by atoms with Crippen LogP contribution in [-0.2, 0) is 9.47 Å². The van der Waals surface area contributed by atoms with Gasteiger partial charge in [0.1, 0.15) is 6.10 Å². The molecule has 3 aliphatic rings. The number of halogens is 1. The van der Waals surface area contributed by atoms with Crippen LogP contribution in [-0.4, -0.2) is 35.8 Å². The van der Waals surface area contributed by atoms with Crippen molar-refractivity contribution in [2.45, 2.75) is 90.4 Å².